The van der Waals surface area contributed by atoms with E-state index in [1.54, 1.807) is 19.2 Å². The van der Waals surface area contributed by atoms with Gasteiger partial charge in [-0.2, -0.15) is 13.2 Å². The van der Waals surface area contributed by atoms with E-state index in [2.05, 4.69) is 0 Å². The Hall–Kier alpha value is -2.15. The van der Waals surface area contributed by atoms with E-state index < -0.39 is 23.5 Å². The van der Waals surface area contributed by atoms with Gasteiger partial charge in [0.05, 0.1) is 19.1 Å². The molecule has 128 valence electrons. The Kier molecular flexibility index (Phi) is 6.14. The lowest BCUT2D eigenvalue weighted by atomic mass is 10.2. The number of esters is 1. The Bertz CT molecular complexity index is 684. The molecule has 7 heteroatoms. The Morgan fingerprint density at radius 3 is 2.38 bits per heavy atom. The second-order valence-corrected chi connectivity index (χ2v) is 5.91. The number of thioether (sulfide) groups is 1. The van der Waals surface area contributed by atoms with Crippen molar-refractivity contribution >= 4 is 17.7 Å². The molecule has 0 aliphatic heterocycles. The third-order valence-electron chi connectivity index (χ3n) is 3.05. The Labute approximate surface area is 141 Å². The predicted molar refractivity (Wildman–Crippen MR) is 85.4 cm³/mol. The lowest BCUT2D eigenvalue weighted by Gasteiger charge is -2.12. The summed E-state index contributed by atoms with van der Waals surface area (Å²) in [5, 5.41) is 0. The summed E-state index contributed by atoms with van der Waals surface area (Å²) in [6.07, 6.45) is -4.56. The van der Waals surface area contributed by atoms with Crippen LogP contribution in [0.2, 0.25) is 0 Å². The molecule has 24 heavy (non-hydrogen) atoms. The zero-order valence-corrected chi connectivity index (χ0v) is 13.6. The molecule has 0 saturated carbocycles. The van der Waals surface area contributed by atoms with Gasteiger partial charge in [-0.1, -0.05) is 12.1 Å². The first-order valence-corrected chi connectivity index (χ1v) is 8.02. The molecular formula is C17H15F3O3S. The van der Waals surface area contributed by atoms with Crippen molar-refractivity contribution in [2.24, 2.45) is 0 Å². The van der Waals surface area contributed by atoms with Crippen LogP contribution in [0.4, 0.5) is 13.2 Å². The number of methoxy groups -OCH3 is 1. The van der Waals surface area contributed by atoms with Gasteiger partial charge in [0.25, 0.3) is 0 Å². The van der Waals surface area contributed by atoms with Gasteiger partial charge in [0.2, 0.25) is 0 Å². The minimum Gasteiger partial charge on any atom is -0.497 e. The minimum absolute atomic E-state index is 0.00286. The average molecular weight is 356 g/mol. The molecule has 3 nitrogen and oxygen atoms in total. The van der Waals surface area contributed by atoms with E-state index >= 15 is 0 Å². The number of alkyl halides is 3. The number of halogens is 3. The summed E-state index contributed by atoms with van der Waals surface area (Å²) in [4.78, 5) is 12.7. The second-order valence-electron chi connectivity index (χ2n) is 4.74. The number of benzene rings is 2. The quantitative estimate of drug-likeness (QED) is 0.423. The second kappa shape index (κ2) is 8.10. The molecule has 0 bridgehead atoms. The molecule has 0 aliphatic carbocycles. The van der Waals surface area contributed by atoms with Crippen LogP contribution < -0.4 is 9.47 Å². The first-order valence-electron chi connectivity index (χ1n) is 7.04. The van der Waals surface area contributed by atoms with Crippen molar-refractivity contribution in [3.8, 4) is 11.5 Å². The molecule has 0 unspecified atom stereocenters. The van der Waals surface area contributed by atoms with E-state index in [9.17, 15) is 18.0 Å². The molecule has 2 aromatic carbocycles. The molecule has 0 N–H and O–H groups in total. The van der Waals surface area contributed by atoms with Gasteiger partial charge in [-0.25, -0.2) is 0 Å². The number of hydrogen-bond donors (Lipinski definition) is 0. The van der Waals surface area contributed by atoms with Crippen LogP contribution in [0.25, 0.3) is 0 Å². The summed E-state index contributed by atoms with van der Waals surface area (Å²) in [6, 6.07) is 11.9. The molecule has 0 aliphatic rings. The van der Waals surface area contributed by atoms with Crippen LogP contribution in [-0.2, 0) is 11.0 Å². The van der Waals surface area contributed by atoms with Gasteiger partial charge >= 0.3 is 12.1 Å². The van der Waals surface area contributed by atoms with E-state index in [0.717, 1.165) is 22.8 Å². The third kappa shape index (κ3) is 5.19. The Balaban J connectivity index is 1.87. The maximum atomic E-state index is 12.8. The molecule has 0 heterocycles. The first kappa shape index (κ1) is 18.2. The summed E-state index contributed by atoms with van der Waals surface area (Å²) in [6.45, 7) is 0. The molecule has 0 fully saturated rings. The van der Waals surface area contributed by atoms with Crippen LogP contribution in [0.1, 0.15) is 12.0 Å². The van der Waals surface area contributed by atoms with Crippen molar-refractivity contribution < 1.29 is 27.4 Å². The van der Waals surface area contributed by atoms with Gasteiger partial charge in [0.15, 0.2) is 0 Å². The van der Waals surface area contributed by atoms with E-state index in [1.807, 2.05) is 12.1 Å². The average Bonchev–Trinajstić information content (AvgIpc) is 2.55. The predicted octanol–water partition coefficient (Wildman–Crippen LogP) is 4.80. The van der Waals surface area contributed by atoms with Crippen LogP contribution >= 0.6 is 11.8 Å². The molecule has 0 aromatic heterocycles. The van der Waals surface area contributed by atoms with Crippen LogP contribution in [0.15, 0.2) is 53.4 Å². The minimum atomic E-state index is -4.56. The normalized spacial score (nSPS) is 11.2. The molecule has 2 rings (SSSR count). The number of carbonyl (C=O) groups is 1. The van der Waals surface area contributed by atoms with Crippen molar-refractivity contribution in [3.05, 3.63) is 54.1 Å². The summed E-state index contributed by atoms with van der Waals surface area (Å²) < 4.78 is 48.4. The molecule has 2 aromatic rings. The van der Waals surface area contributed by atoms with Gasteiger partial charge < -0.3 is 9.47 Å². The fourth-order valence-electron chi connectivity index (χ4n) is 1.89. The number of para-hydroxylation sites is 1. The fraction of sp³-hybridized carbons (Fsp3) is 0.235. The lowest BCUT2D eigenvalue weighted by molar-refractivity contribution is -0.142. The van der Waals surface area contributed by atoms with Gasteiger partial charge in [0.1, 0.15) is 11.5 Å². The van der Waals surface area contributed by atoms with E-state index in [0.29, 0.717) is 5.75 Å². The van der Waals surface area contributed by atoms with E-state index in [4.69, 9.17) is 9.47 Å². The van der Waals surface area contributed by atoms with Crippen molar-refractivity contribution in [2.45, 2.75) is 17.5 Å². The van der Waals surface area contributed by atoms with E-state index in [-0.39, 0.29) is 6.42 Å². The maximum Gasteiger partial charge on any atom is 0.419 e. The van der Waals surface area contributed by atoms with Gasteiger partial charge in [-0.3, -0.25) is 4.79 Å². The first-order chi connectivity index (χ1) is 11.4. The number of rotatable bonds is 6. The van der Waals surface area contributed by atoms with Gasteiger partial charge in [-0.15, -0.1) is 11.8 Å². The summed E-state index contributed by atoms with van der Waals surface area (Å²) in [7, 11) is 1.57. The van der Waals surface area contributed by atoms with Crippen LogP contribution in [0, 0.1) is 0 Å². The highest BCUT2D eigenvalue weighted by molar-refractivity contribution is 7.99. The Morgan fingerprint density at radius 1 is 1.08 bits per heavy atom. The van der Waals surface area contributed by atoms with Gasteiger partial charge in [0, 0.05) is 10.6 Å². The number of ether oxygens (including phenoxy) is 2. The topological polar surface area (TPSA) is 35.5 Å². The monoisotopic (exact) mass is 356 g/mol. The van der Waals surface area contributed by atoms with Crippen LogP contribution in [0.3, 0.4) is 0 Å². The standard InChI is InChI=1S/C17H15F3O3S/c1-22-12-6-8-13(9-7-12)24-11-10-16(21)23-15-5-3-2-4-14(15)17(18,19)20/h2-9H,10-11H2,1H3. The SMILES string of the molecule is COc1ccc(SCCC(=O)Oc2ccccc2C(F)(F)F)cc1. The zero-order valence-electron chi connectivity index (χ0n) is 12.8. The molecule has 0 amide bonds. The Morgan fingerprint density at radius 2 is 1.75 bits per heavy atom. The zero-order chi connectivity index (χ0) is 17.6. The smallest absolute Gasteiger partial charge is 0.419 e. The summed E-state index contributed by atoms with van der Waals surface area (Å²) >= 11 is 1.41. The third-order valence-corrected chi connectivity index (χ3v) is 4.06. The molecule has 0 radical (unpaired) electrons. The molecule has 0 atom stereocenters. The summed E-state index contributed by atoms with van der Waals surface area (Å²) in [5.74, 6) is -0.0426. The van der Waals surface area contributed by atoms with Crippen molar-refractivity contribution in [2.75, 3.05) is 12.9 Å². The van der Waals surface area contributed by atoms with Gasteiger partial charge in [-0.05, 0) is 36.4 Å². The lowest BCUT2D eigenvalue weighted by Crippen LogP contribution is -2.13. The fourth-order valence-corrected chi connectivity index (χ4v) is 2.72. The molecular weight excluding hydrogens is 341 g/mol. The molecule has 0 saturated heterocycles. The van der Waals surface area contributed by atoms with Crippen molar-refractivity contribution in [3.63, 3.8) is 0 Å². The van der Waals surface area contributed by atoms with Crippen molar-refractivity contribution in [1.82, 2.24) is 0 Å². The van der Waals surface area contributed by atoms with E-state index in [1.165, 1.54) is 23.9 Å². The highest BCUT2D eigenvalue weighted by Crippen LogP contribution is 2.36. The summed E-state index contributed by atoms with van der Waals surface area (Å²) in [5.41, 5.74) is -0.957. The maximum absolute atomic E-state index is 12.8. The van der Waals surface area contributed by atoms with Crippen molar-refractivity contribution in [1.29, 1.82) is 0 Å². The van der Waals surface area contributed by atoms with Crippen LogP contribution in [-0.4, -0.2) is 18.8 Å². The molecule has 0 spiro atoms. The number of hydrogen-bond acceptors (Lipinski definition) is 4. The highest BCUT2D eigenvalue weighted by atomic mass is 32.2. The number of carbonyl (C=O) groups excluding carboxylic acids is 1. The highest BCUT2D eigenvalue weighted by Gasteiger charge is 2.34. The van der Waals surface area contributed by atoms with Crippen LogP contribution in [0.5, 0.6) is 11.5 Å². The largest absolute Gasteiger partial charge is 0.497 e.